The van der Waals surface area contributed by atoms with Gasteiger partial charge < -0.3 is 20.4 Å². The molecule has 0 bridgehead atoms. The summed E-state index contributed by atoms with van der Waals surface area (Å²) in [4.78, 5) is 33.4. The first-order valence-electron chi connectivity index (χ1n) is 3.98. The number of carboxylic acid groups (broad SMARTS) is 4. The highest BCUT2D eigenvalue weighted by Crippen LogP contribution is 1.79. The van der Waals surface area contributed by atoms with Gasteiger partial charge in [-0.25, -0.2) is 0 Å². The van der Waals surface area contributed by atoms with E-state index < -0.39 is 0 Å². The van der Waals surface area contributed by atoms with Crippen LogP contribution in [0.15, 0.2) is 36.4 Å². The highest BCUT2D eigenvalue weighted by atomic mass is 16.4. The Labute approximate surface area is 103 Å². The zero-order valence-electron chi connectivity index (χ0n) is 9.20. The van der Waals surface area contributed by atoms with Crippen molar-refractivity contribution < 1.29 is 39.6 Å². The fourth-order valence-corrected chi connectivity index (χ4v) is 0.385. The zero-order chi connectivity index (χ0) is 15.1. The largest absolute Gasteiger partial charge is 0.483 e. The average Bonchev–Trinajstić information content (AvgIpc) is 2.35. The highest BCUT2D eigenvalue weighted by molar-refractivity contribution is 5.33. The summed E-state index contributed by atoms with van der Waals surface area (Å²) < 4.78 is 0. The predicted octanol–water partition coefficient (Wildman–Crippen LogP) is 0.490. The van der Waals surface area contributed by atoms with Crippen LogP contribution in [0.3, 0.4) is 0 Å². The van der Waals surface area contributed by atoms with Crippen molar-refractivity contribution >= 4 is 25.9 Å². The molecule has 1 aromatic carbocycles. The summed E-state index contributed by atoms with van der Waals surface area (Å²) in [5.41, 5.74) is 0. The van der Waals surface area contributed by atoms with Crippen LogP contribution in [-0.2, 0) is 19.2 Å². The van der Waals surface area contributed by atoms with Gasteiger partial charge >= 0.3 is 0 Å². The molecule has 8 heteroatoms. The second-order valence-corrected chi connectivity index (χ2v) is 1.58. The molecule has 0 aliphatic heterocycles. The van der Waals surface area contributed by atoms with Crippen LogP contribution in [0.1, 0.15) is 0 Å². The van der Waals surface area contributed by atoms with Gasteiger partial charge in [0.15, 0.2) is 0 Å². The van der Waals surface area contributed by atoms with E-state index in [1.807, 2.05) is 36.4 Å². The topological polar surface area (TPSA) is 149 Å². The molecule has 4 N–H and O–H groups in total. The molecule has 18 heavy (non-hydrogen) atoms. The van der Waals surface area contributed by atoms with Crippen LogP contribution in [0.5, 0.6) is 0 Å². The van der Waals surface area contributed by atoms with Crippen LogP contribution in [0.4, 0.5) is 0 Å². The molecule has 0 radical (unpaired) electrons. The third-order valence-corrected chi connectivity index (χ3v) is 0.667. The Bertz CT molecular complexity index is 199. The van der Waals surface area contributed by atoms with Crippen molar-refractivity contribution in [3.8, 4) is 0 Å². The molecule has 0 aromatic heterocycles. The second-order valence-electron chi connectivity index (χ2n) is 1.58. The highest BCUT2D eigenvalue weighted by Gasteiger charge is 1.57. The van der Waals surface area contributed by atoms with Gasteiger partial charge in [0.05, 0.1) is 0 Å². The molecule has 1 rings (SSSR count). The molecule has 0 saturated carbocycles. The van der Waals surface area contributed by atoms with Gasteiger partial charge in [-0.15, -0.1) is 0 Å². The molecule has 0 amide bonds. The lowest BCUT2D eigenvalue weighted by molar-refractivity contribution is -0.123. The third kappa shape index (κ3) is 200. The fourth-order valence-electron chi connectivity index (χ4n) is 0.385. The molecule has 0 heterocycles. The first-order valence-corrected chi connectivity index (χ1v) is 3.98. The van der Waals surface area contributed by atoms with E-state index in [9.17, 15) is 0 Å². The zero-order valence-corrected chi connectivity index (χ0v) is 9.20. The van der Waals surface area contributed by atoms with Crippen LogP contribution in [-0.4, -0.2) is 46.3 Å². The van der Waals surface area contributed by atoms with E-state index in [1.54, 1.807) is 0 Å². The summed E-state index contributed by atoms with van der Waals surface area (Å²) in [5, 5.41) is 27.6. The Kier molecular flexibility index (Phi) is 65.0. The van der Waals surface area contributed by atoms with Gasteiger partial charge in [0.1, 0.15) is 0 Å². The molecular formula is C10H14O8. The van der Waals surface area contributed by atoms with Crippen LogP contribution < -0.4 is 0 Å². The molecule has 0 fully saturated rings. The van der Waals surface area contributed by atoms with Crippen LogP contribution in [0, 0.1) is 0 Å². The first-order chi connectivity index (χ1) is 8.66. The molecule has 102 valence electrons. The Balaban J connectivity index is -0.0000000723. The molecule has 0 aliphatic rings. The molecule has 0 aliphatic carbocycles. The molecule has 0 spiro atoms. The lowest BCUT2D eigenvalue weighted by Gasteiger charge is -1.69. The number of benzene rings is 1. The van der Waals surface area contributed by atoms with Crippen molar-refractivity contribution in [2.75, 3.05) is 0 Å². The smallest absolute Gasteiger partial charge is 0.290 e. The van der Waals surface area contributed by atoms with Crippen molar-refractivity contribution in [2.45, 2.75) is 0 Å². The molecular weight excluding hydrogens is 248 g/mol. The lowest BCUT2D eigenvalue weighted by atomic mass is 10.4. The third-order valence-electron chi connectivity index (χ3n) is 0.667. The first kappa shape index (κ1) is 24.4. The standard InChI is InChI=1S/C6H6.4CH2O2/c1-2-4-6-5-3-1;4*2-1-3/h1-6H;4*1H,(H,2,3). The van der Waals surface area contributed by atoms with Crippen LogP contribution in [0.2, 0.25) is 0 Å². The maximum absolute atomic E-state index is 8.36. The minimum atomic E-state index is -0.250. The van der Waals surface area contributed by atoms with E-state index in [2.05, 4.69) is 0 Å². The lowest BCUT2D eigenvalue weighted by Crippen LogP contribution is -1.49. The van der Waals surface area contributed by atoms with Crippen molar-refractivity contribution in [1.29, 1.82) is 0 Å². The van der Waals surface area contributed by atoms with Gasteiger partial charge in [-0.1, -0.05) is 36.4 Å². The van der Waals surface area contributed by atoms with E-state index in [0.29, 0.717) is 0 Å². The van der Waals surface area contributed by atoms with E-state index in [1.165, 1.54) is 0 Å². The minimum absolute atomic E-state index is 0.250. The number of rotatable bonds is 0. The fraction of sp³-hybridized carbons (Fsp3) is 0. The second kappa shape index (κ2) is 48.0. The summed E-state index contributed by atoms with van der Waals surface area (Å²) in [7, 11) is 0. The average molecular weight is 262 g/mol. The summed E-state index contributed by atoms with van der Waals surface area (Å²) in [5.74, 6) is 0. The van der Waals surface area contributed by atoms with E-state index in [4.69, 9.17) is 39.6 Å². The van der Waals surface area contributed by atoms with Gasteiger partial charge in [0.25, 0.3) is 25.9 Å². The Morgan fingerprint density at radius 1 is 0.444 bits per heavy atom. The van der Waals surface area contributed by atoms with Gasteiger partial charge in [-0.3, -0.25) is 19.2 Å². The molecule has 8 nitrogen and oxygen atoms in total. The number of hydrogen-bond acceptors (Lipinski definition) is 4. The van der Waals surface area contributed by atoms with Gasteiger partial charge in [0.2, 0.25) is 0 Å². The Hall–Kier alpha value is -2.90. The number of carbonyl (C=O) groups is 4. The molecule has 0 unspecified atom stereocenters. The van der Waals surface area contributed by atoms with E-state index in [-0.39, 0.29) is 25.9 Å². The van der Waals surface area contributed by atoms with Gasteiger partial charge in [-0.2, -0.15) is 0 Å². The Morgan fingerprint density at radius 3 is 0.556 bits per heavy atom. The van der Waals surface area contributed by atoms with Crippen molar-refractivity contribution in [3.05, 3.63) is 36.4 Å². The molecule has 1 aromatic rings. The van der Waals surface area contributed by atoms with Crippen LogP contribution in [0.25, 0.3) is 0 Å². The van der Waals surface area contributed by atoms with Gasteiger partial charge in [0, 0.05) is 0 Å². The quantitative estimate of drug-likeness (QED) is 0.493. The molecule has 0 atom stereocenters. The van der Waals surface area contributed by atoms with Gasteiger partial charge in [-0.05, 0) is 0 Å². The van der Waals surface area contributed by atoms with E-state index >= 15 is 0 Å². The summed E-state index contributed by atoms with van der Waals surface area (Å²) in [6.45, 7) is -1.00. The van der Waals surface area contributed by atoms with Crippen molar-refractivity contribution in [2.24, 2.45) is 0 Å². The summed E-state index contributed by atoms with van der Waals surface area (Å²) in [6.07, 6.45) is 0. The monoisotopic (exact) mass is 262 g/mol. The van der Waals surface area contributed by atoms with Crippen molar-refractivity contribution in [3.63, 3.8) is 0 Å². The summed E-state index contributed by atoms with van der Waals surface area (Å²) in [6, 6.07) is 12.0. The Morgan fingerprint density at radius 2 is 0.500 bits per heavy atom. The number of hydrogen-bond donors (Lipinski definition) is 4. The minimum Gasteiger partial charge on any atom is -0.483 e. The van der Waals surface area contributed by atoms with Crippen LogP contribution >= 0.6 is 0 Å². The van der Waals surface area contributed by atoms with E-state index in [0.717, 1.165) is 0 Å². The predicted molar refractivity (Wildman–Crippen MR) is 61.2 cm³/mol. The normalized spacial score (nSPS) is 5.33. The molecule has 0 saturated heterocycles. The maximum Gasteiger partial charge on any atom is 0.290 e. The summed E-state index contributed by atoms with van der Waals surface area (Å²) >= 11 is 0. The maximum atomic E-state index is 8.36. The SMILES string of the molecule is O=CO.O=CO.O=CO.O=CO.c1ccccc1. The van der Waals surface area contributed by atoms with Crippen molar-refractivity contribution in [1.82, 2.24) is 0 Å².